The number of aromatic amines is 1. The van der Waals surface area contributed by atoms with Gasteiger partial charge in [-0.25, -0.2) is 4.98 Å². The van der Waals surface area contributed by atoms with Gasteiger partial charge < -0.3 is 10.3 Å². The molecule has 25 heavy (non-hydrogen) atoms. The monoisotopic (exact) mass is 347 g/mol. The maximum Gasteiger partial charge on any atom is 0.126 e. The van der Waals surface area contributed by atoms with Crippen LogP contribution in [-0.4, -0.2) is 9.97 Å². The van der Waals surface area contributed by atoms with E-state index in [-0.39, 0.29) is 0 Å². The molecule has 0 bridgehead atoms. The fourth-order valence-corrected chi connectivity index (χ4v) is 3.18. The second-order valence-corrected chi connectivity index (χ2v) is 6.51. The molecule has 4 rings (SSSR count). The van der Waals surface area contributed by atoms with E-state index in [1.165, 1.54) is 22.0 Å². The average molecular weight is 348 g/mol. The molecule has 0 unspecified atom stereocenters. The molecule has 0 saturated carbocycles. The molecular weight excluding hydrogens is 330 g/mol. The predicted octanol–water partition coefficient (Wildman–Crippen LogP) is 5.42. The Kier molecular flexibility index (Phi) is 4.40. The highest BCUT2D eigenvalue weighted by Gasteiger charge is 2.04. The Hall–Kier alpha value is -2.78. The molecule has 0 saturated heterocycles. The van der Waals surface area contributed by atoms with E-state index in [0.29, 0.717) is 6.54 Å². The molecule has 2 aromatic carbocycles. The third-order valence-corrected chi connectivity index (χ3v) is 4.49. The molecule has 0 aliphatic carbocycles. The zero-order chi connectivity index (χ0) is 17.1. The molecule has 4 aromatic rings. The Labute approximate surface area is 151 Å². The van der Waals surface area contributed by atoms with Crippen LogP contribution in [0, 0.1) is 0 Å². The van der Waals surface area contributed by atoms with Crippen molar-refractivity contribution in [2.45, 2.75) is 13.0 Å². The Morgan fingerprint density at radius 2 is 1.88 bits per heavy atom. The third-order valence-electron chi connectivity index (χ3n) is 4.26. The zero-order valence-electron chi connectivity index (χ0n) is 13.7. The fraction of sp³-hybridized carbons (Fsp3) is 0.0952. The van der Waals surface area contributed by atoms with E-state index in [9.17, 15) is 0 Å². The van der Waals surface area contributed by atoms with Crippen molar-refractivity contribution in [2.24, 2.45) is 0 Å². The fourth-order valence-electron chi connectivity index (χ4n) is 2.97. The van der Waals surface area contributed by atoms with Gasteiger partial charge in [-0.1, -0.05) is 48.0 Å². The van der Waals surface area contributed by atoms with Crippen molar-refractivity contribution in [1.82, 2.24) is 9.97 Å². The van der Waals surface area contributed by atoms with Crippen molar-refractivity contribution in [2.75, 3.05) is 5.32 Å². The topological polar surface area (TPSA) is 40.7 Å². The third kappa shape index (κ3) is 3.67. The van der Waals surface area contributed by atoms with Crippen molar-refractivity contribution in [1.29, 1.82) is 0 Å². The minimum atomic E-state index is 0.704. The van der Waals surface area contributed by atoms with E-state index in [1.807, 2.05) is 42.6 Å². The van der Waals surface area contributed by atoms with Crippen molar-refractivity contribution in [3.05, 3.63) is 94.8 Å². The smallest absolute Gasteiger partial charge is 0.126 e. The molecule has 0 radical (unpaired) electrons. The lowest BCUT2D eigenvalue weighted by atomic mass is 10.1. The van der Waals surface area contributed by atoms with Crippen LogP contribution in [0.4, 0.5) is 5.82 Å². The van der Waals surface area contributed by atoms with Crippen LogP contribution in [0.3, 0.4) is 0 Å². The van der Waals surface area contributed by atoms with Gasteiger partial charge in [-0.2, -0.15) is 0 Å². The van der Waals surface area contributed by atoms with Crippen LogP contribution >= 0.6 is 11.6 Å². The molecule has 0 aliphatic heterocycles. The number of para-hydroxylation sites is 1. The van der Waals surface area contributed by atoms with Gasteiger partial charge in [0.25, 0.3) is 0 Å². The molecule has 0 atom stereocenters. The highest BCUT2D eigenvalue weighted by molar-refractivity contribution is 6.30. The molecule has 0 aliphatic rings. The van der Waals surface area contributed by atoms with Gasteiger partial charge >= 0.3 is 0 Å². The van der Waals surface area contributed by atoms with Gasteiger partial charge in [0.05, 0.1) is 0 Å². The molecule has 2 N–H and O–H groups in total. The van der Waals surface area contributed by atoms with Crippen LogP contribution in [0.25, 0.3) is 10.9 Å². The number of hydrogen-bond donors (Lipinski definition) is 2. The normalized spacial score (nSPS) is 10.9. The SMILES string of the molecule is Clc1cccc(CNc2ccc(Cc3c[nH]c4ccccc34)cn2)c1. The van der Waals surface area contributed by atoms with Gasteiger partial charge in [0.2, 0.25) is 0 Å². The number of H-pyrrole nitrogens is 1. The van der Waals surface area contributed by atoms with Crippen LogP contribution in [0.15, 0.2) is 73.1 Å². The first-order valence-corrected chi connectivity index (χ1v) is 8.64. The van der Waals surface area contributed by atoms with Gasteiger partial charge in [-0.05, 0) is 41.0 Å². The number of nitrogens with zero attached hydrogens (tertiary/aromatic N) is 1. The first kappa shape index (κ1) is 15.7. The summed E-state index contributed by atoms with van der Waals surface area (Å²) in [6.07, 6.45) is 4.88. The van der Waals surface area contributed by atoms with Crippen molar-refractivity contribution in [3.63, 3.8) is 0 Å². The van der Waals surface area contributed by atoms with Crippen LogP contribution in [0.2, 0.25) is 5.02 Å². The van der Waals surface area contributed by atoms with Gasteiger partial charge in [0, 0.05) is 41.3 Å². The Bertz CT molecular complexity index is 989. The Morgan fingerprint density at radius 3 is 2.72 bits per heavy atom. The van der Waals surface area contributed by atoms with E-state index in [2.05, 4.69) is 45.7 Å². The summed E-state index contributed by atoms with van der Waals surface area (Å²) in [5, 5.41) is 5.35. The van der Waals surface area contributed by atoms with Gasteiger partial charge in [-0.3, -0.25) is 0 Å². The molecule has 2 heterocycles. The number of pyridine rings is 1. The minimum Gasteiger partial charge on any atom is -0.366 e. The summed E-state index contributed by atoms with van der Waals surface area (Å²) in [5.74, 6) is 0.864. The largest absolute Gasteiger partial charge is 0.366 e. The Balaban J connectivity index is 1.43. The summed E-state index contributed by atoms with van der Waals surface area (Å²) < 4.78 is 0. The highest BCUT2D eigenvalue weighted by atomic mass is 35.5. The molecule has 0 amide bonds. The van der Waals surface area contributed by atoms with E-state index in [1.54, 1.807) is 0 Å². The van der Waals surface area contributed by atoms with Crippen LogP contribution in [0.1, 0.15) is 16.7 Å². The summed E-state index contributed by atoms with van der Waals surface area (Å²) in [4.78, 5) is 7.84. The summed E-state index contributed by atoms with van der Waals surface area (Å²) in [6.45, 7) is 0.704. The number of fused-ring (bicyclic) bond motifs is 1. The van der Waals surface area contributed by atoms with E-state index >= 15 is 0 Å². The van der Waals surface area contributed by atoms with Crippen LogP contribution < -0.4 is 5.32 Å². The van der Waals surface area contributed by atoms with Gasteiger partial charge in [-0.15, -0.1) is 0 Å². The molecule has 2 aromatic heterocycles. The molecule has 3 nitrogen and oxygen atoms in total. The number of anilines is 1. The van der Waals surface area contributed by atoms with E-state index < -0.39 is 0 Å². The quantitative estimate of drug-likeness (QED) is 0.506. The second kappa shape index (κ2) is 6.99. The van der Waals surface area contributed by atoms with Gasteiger partial charge in [0.1, 0.15) is 5.82 Å². The highest BCUT2D eigenvalue weighted by Crippen LogP contribution is 2.21. The number of aromatic nitrogens is 2. The lowest BCUT2D eigenvalue weighted by molar-refractivity contribution is 1.09. The first-order valence-electron chi connectivity index (χ1n) is 8.26. The standard InChI is InChI=1S/C21H18ClN3/c22-18-5-3-4-15(11-18)12-24-21-9-8-16(13-25-21)10-17-14-23-20-7-2-1-6-19(17)20/h1-9,11,13-14,23H,10,12H2,(H,24,25). The summed E-state index contributed by atoms with van der Waals surface area (Å²) >= 11 is 6.01. The van der Waals surface area contributed by atoms with Crippen LogP contribution in [0.5, 0.6) is 0 Å². The molecule has 4 heteroatoms. The number of rotatable bonds is 5. The van der Waals surface area contributed by atoms with Crippen molar-refractivity contribution < 1.29 is 0 Å². The summed E-state index contributed by atoms with van der Waals surface area (Å²) in [5.41, 5.74) is 4.79. The maximum atomic E-state index is 6.01. The van der Waals surface area contributed by atoms with E-state index in [0.717, 1.165) is 22.8 Å². The Morgan fingerprint density at radius 1 is 0.960 bits per heavy atom. The number of halogens is 1. The van der Waals surface area contributed by atoms with Crippen LogP contribution in [-0.2, 0) is 13.0 Å². The predicted molar refractivity (Wildman–Crippen MR) is 104 cm³/mol. The molecule has 0 fully saturated rings. The average Bonchev–Trinajstić information content (AvgIpc) is 3.04. The first-order chi connectivity index (χ1) is 12.3. The maximum absolute atomic E-state index is 6.01. The summed E-state index contributed by atoms with van der Waals surface area (Å²) in [7, 11) is 0. The van der Waals surface area contributed by atoms with Crippen molar-refractivity contribution in [3.8, 4) is 0 Å². The zero-order valence-corrected chi connectivity index (χ0v) is 14.4. The van der Waals surface area contributed by atoms with Crippen molar-refractivity contribution >= 4 is 28.3 Å². The van der Waals surface area contributed by atoms with E-state index in [4.69, 9.17) is 11.6 Å². The molecule has 124 valence electrons. The van der Waals surface area contributed by atoms with Gasteiger partial charge in [0.15, 0.2) is 0 Å². The second-order valence-electron chi connectivity index (χ2n) is 6.07. The minimum absolute atomic E-state index is 0.704. The summed E-state index contributed by atoms with van der Waals surface area (Å²) in [6, 6.07) is 20.3. The molecular formula is C21H18ClN3. The molecule has 0 spiro atoms. The lowest BCUT2D eigenvalue weighted by Gasteiger charge is -2.07. The number of hydrogen-bond acceptors (Lipinski definition) is 2. The number of nitrogens with one attached hydrogen (secondary N) is 2. The lowest BCUT2D eigenvalue weighted by Crippen LogP contribution is -2.01. The number of benzene rings is 2.